The normalized spacial score (nSPS) is 22.3. The zero-order valence-electron chi connectivity index (χ0n) is 26.4. The molecule has 5 rings (SSSR count). The highest BCUT2D eigenvalue weighted by Gasteiger charge is 2.46. The third kappa shape index (κ3) is 7.19. The molecule has 0 saturated carbocycles. The summed E-state index contributed by atoms with van der Waals surface area (Å²) in [6, 6.07) is 12.6. The molecular formula is C34H45ClN4O4. The van der Waals surface area contributed by atoms with Crippen LogP contribution < -0.4 is 0 Å². The minimum absolute atomic E-state index is 0.0442. The SMILES string of the molecule is C=C(CCN1C[C@@H]2C[C@H]1CN2C(=O)OOC(C)(C)C)N1CCN(C(=O)c2cc(C)cc(C)c2)C[C@H]1c1ccc(C)c(Cl)c1. The number of nitrogens with zero attached hydrogens (tertiary/aromatic N) is 4. The molecule has 3 atom stereocenters. The summed E-state index contributed by atoms with van der Waals surface area (Å²) in [5, 5.41) is 0.727. The molecule has 0 radical (unpaired) electrons. The van der Waals surface area contributed by atoms with E-state index in [0.29, 0.717) is 32.2 Å². The lowest BCUT2D eigenvalue weighted by molar-refractivity contribution is -0.306. The molecule has 8 nitrogen and oxygen atoms in total. The quantitative estimate of drug-likeness (QED) is 0.272. The van der Waals surface area contributed by atoms with Crippen molar-refractivity contribution in [3.63, 3.8) is 0 Å². The number of hydrogen-bond acceptors (Lipinski definition) is 6. The van der Waals surface area contributed by atoms with E-state index in [0.717, 1.165) is 64.5 Å². The molecule has 3 aliphatic heterocycles. The van der Waals surface area contributed by atoms with Crippen LogP contribution in [0.25, 0.3) is 0 Å². The van der Waals surface area contributed by atoms with Crippen LogP contribution in [0.1, 0.15) is 72.3 Å². The number of rotatable bonds is 7. The minimum atomic E-state index is -0.541. The molecule has 9 heteroatoms. The maximum absolute atomic E-state index is 13.6. The number of aryl methyl sites for hydroxylation is 3. The van der Waals surface area contributed by atoms with Crippen LogP contribution in [0.15, 0.2) is 48.7 Å². The molecule has 0 unspecified atom stereocenters. The predicted molar refractivity (Wildman–Crippen MR) is 169 cm³/mol. The van der Waals surface area contributed by atoms with Gasteiger partial charge in [-0.05, 0) is 83.7 Å². The van der Waals surface area contributed by atoms with Crippen LogP contribution in [0.4, 0.5) is 4.79 Å². The number of halogens is 1. The van der Waals surface area contributed by atoms with E-state index in [1.807, 2.05) is 70.7 Å². The molecule has 2 amide bonds. The monoisotopic (exact) mass is 608 g/mol. The van der Waals surface area contributed by atoms with Gasteiger partial charge in [-0.25, -0.2) is 4.79 Å². The van der Waals surface area contributed by atoms with Crippen LogP contribution in [0.3, 0.4) is 0 Å². The van der Waals surface area contributed by atoms with Gasteiger partial charge in [0.25, 0.3) is 5.91 Å². The second-order valence-corrected chi connectivity index (χ2v) is 13.8. The Morgan fingerprint density at radius 3 is 2.30 bits per heavy atom. The van der Waals surface area contributed by atoms with Crippen molar-refractivity contribution in [3.8, 4) is 0 Å². The number of hydrogen-bond donors (Lipinski definition) is 0. The standard InChI is InChI=1S/C34H45ClN4O4/c1-22-14-23(2)16-27(15-22)32(40)37-12-13-38(31(21-37)26-9-8-24(3)30(35)17-26)25(4)10-11-36-19-29-18-28(36)20-39(29)33(41)42-43-34(5,6)7/h8-9,14-17,28-29,31H,4,10-13,18-21H2,1-3,5-7H3/t28-,29-,31-/m0/s1. The van der Waals surface area contributed by atoms with E-state index in [9.17, 15) is 9.59 Å². The molecule has 232 valence electrons. The first-order valence-corrected chi connectivity index (χ1v) is 15.7. The summed E-state index contributed by atoms with van der Waals surface area (Å²) < 4.78 is 0. The van der Waals surface area contributed by atoms with Crippen molar-refractivity contribution in [2.24, 2.45) is 0 Å². The molecule has 0 spiro atoms. The Balaban J connectivity index is 1.23. The smallest absolute Gasteiger partial charge is 0.365 e. The van der Waals surface area contributed by atoms with Gasteiger partial charge in [0.2, 0.25) is 0 Å². The summed E-state index contributed by atoms with van der Waals surface area (Å²) in [7, 11) is 0. The summed E-state index contributed by atoms with van der Waals surface area (Å²) in [6.45, 7) is 20.4. The number of fused-ring (bicyclic) bond motifs is 2. The van der Waals surface area contributed by atoms with Crippen molar-refractivity contribution >= 4 is 23.6 Å². The van der Waals surface area contributed by atoms with E-state index in [4.69, 9.17) is 21.4 Å². The van der Waals surface area contributed by atoms with Crippen molar-refractivity contribution in [3.05, 3.63) is 81.5 Å². The third-order valence-electron chi connectivity index (χ3n) is 8.76. The van der Waals surface area contributed by atoms with Crippen LogP contribution in [0.2, 0.25) is 5.02 Å². The average Bonchev–Trinajstić information content (AvgIpc) is 3.55. The lowest BCUT2D eigenvalue weighted by Gasteiger charge is -2.44. The van der Waals surface area contributed by atoms with Crippen molar-refractivity contribution in [2.45, 2.75) is 78.1 Å². The zero-order valence-corrected chi connectivity index (χ0v) is 27.1. The molecule has 2 bridgehead atoms. The lowest BCUT2D eigenvalue weighted by Crippen LogP contribution is -2.51. The van der Waals surface area contributed by atoms with Gasteiger partial charge in [-0.15, -0.1) is 0 Å². The van der Waals surface area contributed by atoms with E-state index in [-0.39, 0.29) is 18.0 Å². The minimum Gasteiger partial charge on any atom is -0.365 e. The summed E-state index contributed by atoms with van der Waals surface area (Å²) in [5.74, 6) is 0.0596. The van der Waals surface area contributed by atoms with Gasteiger partial charge in [-0.2, -0.15) is 4.89 Å². The molecule has 3 saturated heterocycles. The fraction of sp³-hybridized carbons (Fsp3) is 0.529. The Bertz CT molecular complexity index is 1370. The third-order valence-corrected chi connectivity index (χ3v) is 9.17. The summed E-state index contributed by atoms with van der Waals surface area (Å²) >= 11 is 6.58. The fourth-order valence-corrected chi connectivity index (χ4v) is 6.79. The molecular weight excluding hydrogens is 564 g/mol. The van der Waals surface area contributed by atoms with E-state index in [1.54, 1.807) is 4.90 Å². The Kier molecular flexibility index (Phi) is 9.12. The van der Waals surface area contributed by atoms with Crippen molar-refractivity contribution in [1.29, 1.82) is 0 Å². The summed E-state index contributed by atoms with van der Waals surface area (Å²) in [4.78, 5) is 45.1. The summed E-state index contributed by atoms with van der Waals surface area (Å²) in [5.41, 5.74) is 5.54. The van der Waals surface area contributed by atoms with E-state index in [1.165, 1.54) is 0 Å². The van der Waals surface area contributed by atoms with Gasteiger partial charge in [-0.3, -0.25) is 14.6 Å². The van der Waals surface area contributed by atoms with Gasteiger partial charge in [0.15, 0.2) is 0 Å². The van der Waals surface area contributed by atoms with Crippen molar-refractivity contribution in [1.82, 2.24) is 19.6 Å². The first-order chi connectivity index (χ1) is 20.3. The second-order valence-electron chi connectivity index (χ2n) is 13.4. The van der Waals surface area contributed by atoms with Crippen LogP contribution in [0.5, 0.6) is 0 Å². The molecule has 0 aliphatic carbocycles. The molecule has 2 aromatic rings. The molecule has 0 N–H and O–H groups in total. The Hall–Kier alpha value is -3.07. The van der Waals surface area contributed by atoms with E-state index in [2.05, 4.69) is 28.5 Å². The van der Waals surface area contributed by atoms with Crippen LogP contribution >= 0.6 is 11.6 Å². The van der Waals surface area contributed by atoms with Gasteiger partial charge in [0.1, 0.15) is 5.60 Å². The van der Waals surface area contributed by atoms with Gasteiger partial charge < -0.3 is 14.7 Å². The van der Waals surface area contributed by atoms with Gasteiger partial charge >= 0.3 is 6.09 Å². The maximum atomic E-state index is 13.6. The zero-order chi connectivity index (χ0) is 31.1. The highest BCUT2D eigenvalue weighted by Crippen LogP contribution is 2.35. The highest BCUT2D eigenvalue weighted by molar-refractivity contribution is 6.31. The molecule has 3 heterocycles. The first-order valence-electron chi connectivity index (χ1n) is 15.3. The van der Waals surface area contributed by atoms with E-state index >= 15 is 0 Å². The number of carbonyl (C=O) groups is 2. The van der Waals surface area contributed by atoms with Crippen LogP contribution in [-0.4, -0.2) is 88.6 Å². The first kappa shape index (κ1) is 31.4. The fourth-order valence-electron chi connectivity index (χ4n) is 6.60. The van der Waals surface area contributed by atoms with Gasteiger partial charge in [0.05, 0.1) is 6.04 Å². The van der Waals surface area contributed by atoms with Gasteiger partial charge in [0, 0.05) is 67.6 Å². The molecule has 0 aromatic heterocycles. The van der Waals surface area contributed by atoms with Crippen molar-refractivity contribution < 1.29 is 19.4 Å². The molecule has 3 aliphatic rings. The van der Waals surface area contributed by atoms with Crippen molar-refractivity contribution in [2.75, 3.05) is 39.3 Å². The topological polar surface area (TPSA) is 65.6 Å². The number of benzene rings is 2. The Morgan fingerprint density at radius 1 is 0.953 bits per heavy atom. The van der Waals surface area contributed by atoms with Gasteiger partial charge in [-0.1, -0.05) is 47.5 Å². The number of amides is 2. The molecule has 3 fully saturated rings. The Morgan fingerprint density at radius 2 is 1.67 bits per heavy atom. The number of piperazine rings is 2. The number of carbonyl (C=O) groups excluding carboxylic acids is 2. The van der Waals surface area contributed by atoms with Crippen LogP contribution in [0, 0.1) is 20.8 Å². The largest absolute Gasteiger partial charge is 0.441 e. The maximum Gasteiger partial charge on any atom is 0.441 e. The molecule has 43 heavy (non-hydrogen) atoms. The Labute approximate surface area is 261 Å². The summed E-state index contributed by atoms with van der Waals surface area (Å²) in [6.07, 6.45) is 1.35. The second kappa shape index (κ2) is 12.5. The van der Waals surface area contributed by atoms with Crippen LogP contribution in [-0.2, 0) is 9.78 Å². The predicted octanol–water partition coefficient (Wildman–Crippen LogP) is 6.29. The molecule has 2 aromatic carbocycles. The average molecular weight is 609 g/mol. The highest BCUT2D eigenvalue weighted by atomic mass is 35.5. The number of likely N-dealkylation sites (tertiary alicyclic amines) is 2. The lowest BCUT2D eigenvalue weighted by atomic mass is 9.98. The van der Waals surface area contributed by atoms with E-state index < -0.39 is 11.7 Å².